The number of nitrogens with zero attached hydrogens (tertiary/aromatic N) is 6. The van der Waals surface area contributed by atoms with E-state index in [0.717, 1.165) is 16.8 Å². The summed E-state index contributed by atoms with van der Waals surface area (Å²) in [6, 6.07) is 35.2. The Morgan fingerprint density at radius 1 is 0.594 bits per heavy atom. The Balaban J connectivity index is 0.938. The Morgan fingerprint density at radius 3 is 1.70 bits per heavy atom. The third-order valence-corrected chi connectivity index (χ3v) is 11.3. The highest BCUT2D eigenvalue weighted by Crippen LogP contribution is 2.33. The number of halogens is 1. The molecule has 8 rings (SSSR count). The topological polar surface area (TPSA) is 203 Å². The van der Waals surface area contributed by atoms with Gasteiger partial charge in [-0.15, -0.1) is 0 Å². The van der Waals surface area contributed by atoms with Gasteiger partial charge in [-0.3, -0.25) is 20.6 Å². The van der Waals surface area contributed by atoms with Crippen molar-refractivity contribution in [2.75, 3.05) is 34.5 Å². The summed E-state index contributed by atoms with van der Waals surface area (Å²) in [6.45, 7) is 9.08. The molecule has 0 radical (unpaired) electrons. The van der Waals surface area contributed by atoms with Gasteiger partial charge in [0.25, 0.3) is 0 Å². The molecule has 4 aromatic carbocycles. The third-order valence-electron chi connectivity index (χ3n) is 11.3. The fourth-order valence-electron chi connectivity index (χ4n) is 7.15. The quantitative estimate of drug-likeness (QED) is 0.0541. The van der Waals surface area contributed by atoms with E-state index >= 15 is 4.39 Å². The summed E-state index contributed by atoms with van der Waals surface area (Å²) in [5.74, 6) is 1.71. The van der Waals surface area contributed by atoms with Gasteiger partial charge >= 0.3 is 12.1 Å². The number of carbonyl (C=O) groups excluding carboxylic acids is 2. The van der Waals surface area contributed by atoms with Gasteiger partial charge in [0.1, 0.15) is 40.5 Å². The number of aromatic nitrogens is 6. The van der Waals surface area contributed by atoms with E-state index in [0.29, 0.717) is 51.5 Å². The Bertz CT molecular complexity index is 3070. The van der Waals surface area contributed by atoms with Crippen LogP contribution in [0.15, 0.2) is 146 Å². The van der Waals surface area contributed by atoms with E-state index < -0.39 is 28.7 Å². The zero-order valence-corrected chi connectivity index (χ0v) is 38.6. The molecule has 0 saturated carbocycles. The predicted molar refractivity (Wildman–Crippen MR) is 262 cm³/mol. The molecule has 4 amide bonds. The highest BCUT2D eigenvalue weighted by atomic mass is 19.1. The van der Waals surface area contributed by atoms with Crippen LogP contribution in [0.5, 0.6) is 23.0 Å². The van der Waals surface area contributed by atoms with Gasteiger partial charge in [0.15, 0.2) is 0 Å². The molecule has 0 bridgehead atoms. The lowest BCUT2D eigenvalue weighted by atomic mass is 9.83. The fourth-order valence-corrected chi connectivity index (χ4v) is 7.15. The number of rotatable bonds is 16. The molecule has 4 aromatic heterocycles. The zero-order chi connectivity index (χ0) is 48.7. The van der Waals surface area contributed by atoms with Crippen molar-refractivity contribution in [1.82, 2.24) is 29.5 Å². The van der Waals surface area contributed by atoms with E-state index in [1.807, 2.05) is 83.1 Å². The number of nitrogens with one attached hydrogen (secondary N) is 4. The maximum atomic E-state index is 15.2. The standard InChI is InChI=1S/C52H51FN10O6/c1-33-6-12-37(13-7-33)62-47(28-45(60-62)51(3,4)31-64)58-49(66)56-35-10-16-39(17-11-35)68-42-22-25-55-36(26-42)30-52(5,32-65)46-29-48(63(61-46)38-14-8-34(2)9-15-38)59-50(67)57-44-19-18-41(27-43(44)53)69-40-20-23-54-24-21-40/h6-29,64-65H,30-32H2,1-5H3,(H2,56,58,66)(H2,57,59,67). The lowest BCUT2D eigenvalue weighted by Crippen LogP contribution is -2.30. The number of aliphatic hydroxyl groups is 2. The Hall–Kier alpha value is -8.41. The number of urea groups is 2. The summed E-state index contributed by atoms with van der Waals surface area (Å²) in [4.78, 5) is 35.2. The van der Waals surface area contributed by atoms with Crippen molar-refractivity contribution < 1.29 is 33.7 Å². The molecule has 1 atom stereocenters. The van der Waals surface area contributed by atoms with E-state index in [1.165, 1.54) is 18.2 Å². The lowest BCUT2D eigenvalue weighted by molar-refractivity contribution is 0.200. The molecule has 0 aliphatic rings. The van der Waals surface area contributed by atoms with Crippen molar-refractivity contribution in [3.8, 4) is 34.4 Å². The second kappa shape index (κ2) is 20.2. The van der Waals surface area contributed by atoms with Gasteiger partial charge in [-0.25, -0.2) is 23.3 Å². The van der Waals surface area contributed by atoms with Crippen LogP contribution >= 0.6 is 0 Å². The summed E-state index contributed by atoms with van der Waals surface area (Å²) in [6.07, 6.45) is 4.96. The molecule has 69 heavy (non-hydrogen) atoms. The average Bonchev–Trinajstić information content (AvgIpc) is 3.97. The Morgan fingerprint density at radius 2 is 1.12 bits per heavy atom. The van der Waals surface area contributed by atoms with E-state index in [1.54, 1.807) is 88.6 Å². The zero-order valence-electron chi connectivity index (χ0n) is 38.6. The van der Waals surface area contributed by atoms with Crippen molar-refractivity contribution in [2.45, 2.75) is 51.9 Å². The van der Waals surface area contributed by atoms with Crippen LogP contribution in [0.25, 0.3) is 11.4 Å². The maximum absolute atomic E-state index is 15.2. The smallest absolute Gasteiger partial charge is 0.324 e. The first-order chi connectivity index (χ1) is 33.2. The summed E-state index contributed by atoms with van der Waals surface area (Å²) >= 11 is 0. The molecule has 4 heterocycles. The average molecular weight is 931 g/mol. The molecule has 0 aliphatic carbocycles. The van der Waals surface area contributed by atoms with Gasteiger partial charge < -0.3 is 30.3 Å². The lowest BCUT2D eigenvalue weighted by Gasteiger charge is -2.25. The number of amides is 4. The van der Waals surface area contributed by atoms with Gasteiger partial charge in [0, 0.05) is 71.5 Å². The van der Waals surface area contributed by atoms with E-state index in [9.17, 15) is 19.8 Å². The SMILES string of the molecule is Cc1ccc(-n2nc(C(C)(C)CO)cc2NC(=O)Nc2ccc(Oc3ccnc(CC(C)(CO)c4cc(NC(=O)Nc5ccc(Oc6ccncc6)cc5F)n(-c5ccc(C)cc5)n4)c3)cc2)cc1. The number of pyridine rings is 2. The molecule has 0 spiro atoms. The van der Waals surface area contributed by atoms with Crippen LogP contribution in [0.4, 0.5) is 37.0 Å². The number of aliphatic hydroxyl groups excluding tert-OH is 2. The summed E-state index contributed by atoms with van der Waals surface area (Å²) in [5.41, 5.74) is 3.98. The first-order valence-electron chi connectivity index (χ1n) is 22.0. The molecule has 1 unspecified atom stereocenters. The molecule has 17 heteroatoms. The molecule has 16 nitrogen and oxygen atoms in total. The minimum absolute atomic E-state index is 0.0715. The van der Waals surface area contributed by atoms with Crippen LogP contribution in [0.1, 0.15) is 49.0 Å². The molecule has 6 N–H and O–H groups in total. The van der Waals surface area contributed by atoms with Gasteiger partial charge in [0.2, 0.25) is 0 Å². The molecule has 352 valence electrons. The molecule has 0 saturated heterocycles. The number of ether oxygens (including phenoxy) is 2. The van der Waals surface area contributed by atoms with Crippen molar-refractivity contribution in [1.29, 1.82) is 0 Å². The van der Waals surface area contributed by atoms with Crippen LogP contribution in [0.2, 0.25) is 0 Å². The second-order valence-corrected chi connectivity index (χ2v) is 17.5. The highest BCUT2D eigenvalue weighted by molar-refractivity contribution is 6.00. The monoisotopic (exact) mass is 930 g/mol. The second-order valence-electron chi connectivity index (χ2n) is 17.5. The van der Waals surface area contributed by atoms with Crippen LogP contribution in [-0.2, 0) is 17.3 Å². The van der Waals surface area contributed by atoms with Crippen LogP contribution < -0.4 is 30.7 Å². The van der Waals surface area contributed by atoms with Crippen molar-refractivity contribution >= 4 is 35.1 Å². The number of hydrogen-bond donors (Lipinski definition) is 6. The summed E-state index contributed by atoms with van der Waals surface area (Å²) in [7, 11) is 0. The molecule has 0 aliphatic heterocycles. The molecular formula is C52H51FN10O6. The largest absolute Gasteiger partial charge is 0.457 e. The van der Waals surface area contributed by atoms with Crippen molar-refractivity contribution in [3.05, 3.63) is 180 Å². The van der Waals surface area contributed by atoms with Crippen molar-refractivity contribution in [3.63, 3.8) is 0 Å². The van der Waals surface area contributed by atoms with Crippen molar-refractivity contribution in [2.24, 2.45) is 0 Å². The first kappa shape index (κ1) is 47.1. The van der Waals surface area contributed by atoms with E-state index in [2.05, 4.69) is 31.2 Å². The number of benzene rings is 4. The minimum Gasteiger partial charge on any atom is -0.457 e. The van der Waals surface area contributed by atoms with Gasteiger partial charge in [-0.05, 0) is 92.7 Å². The van der Waals surface area contributed by atoms with Gasteiger partial charge in [-0.2, -0.15) is 10.2 Å². The highest BCUT2D eigenvalue weighted by Gasteiger charge is 2.32. The van der Waals surface area contributed by atoms with E-state index in [4.69, 9.17) is 19.7 Å². The predicted octanol–water partition coefficient (Wildman–Crippen LogP) is 10.2. The summed E-state index contributed by atoms with van der Waals surface area (Å²) < 4.78 is 30.3. The minimum atomic E-state index is -0.992. The normalized spacial score (nSPS) is 12.2. The number of anilines is 4. The van der Waals surface area contributed by atoms with Gasteiger partial charge in [0.05, 0.1) is 41.7 Å². The Labute approximate surface area is 397 Å². The molecular weight excluding hydrogens is 880 g/mol. The van der Waals surface area contributed by atoms with E-state index in [-0.39, 0.29) is 36.9 Å². The number of hydrogen-bond acceptors (Lipinski definition) is 10. The number of aryl methyl sites for hydroxylation is 2. The third kappa shape index (κ3) is 11.4. The summed E-state index contributed by atoms with van der Waals surface area (Å²) in [5, 5.41) is 41.6. The molecule has 0 fully saturated rings. The van der Waals surface area contributed by atoms with Gasteiger partial charge in [-0.1, -0.05) is 56.2 Å². The maximum Gasteiger partial charge on any atom is 0.324 e. The molecule has 8 aromatic rings. The van der Waals surface area contributed by atoms with Crippen LogP contribution in [-0.4, -0.2) is 65.0 Å². The van der Waals surface area contributed by atoms with Crippen LogP contribution in [0.3, 0.4) is 0 Å². The number of carbonyl (C=O) groups is 2. The first-order valence-corrected chi connectivity index (χ1v) is 22.0. The Kier molecular flexibility index (Phi) is 13.8. The van der Waals surface area contributed by atoms with Crippen LogP contribution in [0, 0.1) is 19.7 Å². The fraction of sp³-hybridized carbons (Fsp3) is 0.192.